The van der Waals surface area contributed by atoms with Gasteiger partial charge in [0.05, 0.1) is 8.07 Å². The molecule has 0 aliphatic heterocycles. The van der Waals surface area contributed by atoms with E-state index in [2.05, 4.69) is 138 Å². The molecule has 2 aliphatic carbocycles. The van der Waals surface area contributed by atoms with Gasteiger partial charge in [-0.05, 0) is 50.9 Å². The summed E-state index contributed by atoms with van der Waals surface area (Å²) >= 11 is 0. The van der Waals surface area contributed by atoms with Gasteiger partial charge >= 0.3 is 0 Å². The number of hydrogen-bond donors (Lipinski definition) is 0. The predicted octanol–water partition coefficient (Wildman–Crippen LogP) is 10.5. The second-order valence-corrected chi connectivity index (χ2v) is 14.9. The summed E-state index contributed by atoms with van der Waals surface area (Å²) < 4.78 is 0. The van der Waals surface area contributed by atoms with E-state index >= 15 is 0 Å². The van der Waals surface area contributed by atoms with Crippen molar-refractivity contribution in [2.24, 2.45) is 0 Å². The number of benzene rings is 4. The number of fused-ring (bicyclic) bond motifs is 6. The van der Waals surface area contributed by atoms with E-state index in [-0.39, 0.29) is 0 Å². The Bertz CT molecular complexity index is 1190. The third-order valence-electron chi connectivity index (χ3n) is 8.36. The second-order valence-electron chi connectivity index (χ2n) is 10.3. The summed E-state index contributed by atoms with van der Waals surface area (Å²) in [6.45, 7) is 6.70. The van der Waals surface area contributed by atoms with Crippen LogP contribution in [0.15, 0.2) is 110 Å². The van der Waals surface area contributed by atoms with E-state index in [9.17, 15) is 0 Å². The minimum absolute atomic E-state index is 0.507. The molecular formula is C33H32Cl2Si. The lowest BCUT2D eigenvalue weighted by molar-refractivity contribution is 0.785. The highest BCUT2D eigenvalue weighted by atomic mass is 36.5. The Kier molecular flexibility index (Phi) is 7.53. The third kappa shape index (κ3) is 4.08. The molecule has 3 heteroatoms. The summed E-state index contributed by atoms with van der Waals surface area (Å²) in [6, 6.07) is 38.2. The zero-order valence-electron chi connectivity index (χ0n) is 20.8. The van der Waals surface area contributed by atoms with Gasteiger partial charge in [0.15, 0.2) is 0 Å². The van der Waals surface area contributed by atoms with Crippen LogP contribution in [0.3, 0.4) is 0 Å². The highest BCUT2D eigenvalue weighted by molar-refractivity contribution is 6.85. The first-order chi connectivity index (χ1) is 17.7. The molecule has 2 aliphatic rings. The normalized spacial score (nSPS) is 13.8. The molecule has 0 amide bonds. The summed E-state index contributed by atoms with van der Waals surface area (Å²) in [5.41, 5.74) is 13.1. The zero-order chi connectivity index (χ0) is 25.1. The average molecular weight is 528 g/mol. The minimum atomic E-state index is -1.97. The molecule has 0 saturated heterocycles. The van der Waals surface area contributed by atoms with Crippen LogP contribution in [0, 0.1) is 0 Å². The Hall–Kier alpha value is -2.58. The first-order valence-corrected chi connectivity index (χ1v) is 16.9. The SMILES string of the molecule is C=CCCCC[Si](C)(C1c2ccccc2-c2ccccc21)C1c2ccccc2-c2ccccc21.ClCl. The lowest BCUT2D eigenvalue weighted by atomic mass is 10.1. The van der Waals surface area contributed by atoms with Crippen LogP contribution >= 0.6 is 21.7 Å². The number of halogens is 2. The van der Waals surface area contributed by atoms with Crippen molar-refractivity contribution in [3.63, 3.8) is 0 Å². The van der Waals surface area contributed by atoms with Crippen LogP contribution in [0.25, 0.3) is 22.3 Å². The molecule has 0 saturated carbocycles. The van der Waals surface area contributed by atoms with Crippen LogP contribution in [0.4, 0.5) is 0 Å². The Morgan fingerprint density at radius 2 is 0.944 bits per heavy atom. The van der Waals surface area contributed by atoms with Gasteiger partial charge in [0, 0.05) is 32.8 Å². The molecule has 4 aromatic carbocycles. The van der Waals surface area contributed by atoms with Crippen LogP contribution in [0.5, 0.6) is 0 Å². The number of hydrogen-bond acceptors (Lipinski definition) is 0. The van der Waals surface area contributed by atoms with Gasteiger partial charge in [0.1, 0.15) is 0 Å². The highest BCUT2D eigenvalue weighted by Gasteiger charge is 2.51. The molecule has 6 rings (SSSR count). The van der Waals surface area contributed by atoms with Crippen LogP contribution < -0.4 is 0 Å². The van der Waals surface area contributed by atoms with E-state index in [1.165, 1.54) is 41.1 Å². The van der Waals surface area contributed by atoms with Crippen LogP contribution in [0.2, 0.25) is 12.6 Å². The molecule has 0 fully saturated rings. The molecule has 0 radical (unpaired) electrons. The van der Waals surface area contributed by atoms with Crippen molar-refractivity contribution in [1.29, 1.82) is 0 Å². The fourth-order valence-corrected chi connectivity index (χ4v) is 12.8. The summed E-state index contributed by atoms with van der Waals surface area (Å²) in [7, 11) is 6.25. The quantitative estimate of drug-likeness (QED) is 0.127. The van der Waals surface area contributed by atoms with E-state index in [0.717, 1.165) is 6.42 Å². The Morgan fingerprint density at radius 3 is 1.28 bits per heavy atom. The molecule has 0 unspecified atom stereocenters. The van der Waals surface area contributed by atoms with Gasteiger partial charge in [-0.3, -0.25) is 0 Å². The second kappa shape index (κ2) is 10.8. The van der Waals surface area contributed by atoms with Crippen molar-refractivity contribution in [2.75, 3.05) is 0 Å². The van der Waals surface area contributed by atoms with Crippen LogP contribution in [0.1, 0.15) is 52.6 Å². The molecule has 0 N–H and O–H groups in total. The van der Waals surface area contributed by atoms with Gasteiger partial charge in [-0.1, -0.05) is 129 Å². The van der Waals surface area contributed by atoms with Gasteiger partial charge in [-0.2, -0.15) is 0 Å². The molecule has 0 atom stereocenters. The lowest BCUT2D eigenvalue weighted by Gasteiger charge is -2.41. The minimum Gasteiger partial charge on any atom is -0.103 e. The number of rotatable bonds is 7. The van der Waals surface area contributed by atoms with Gasteiger partial charge in [-0.25, -0.2) is 0 Å². The van der Waals surface area contributed by atoms with Gasteiger partial charge in [0.25, 0.3) is 0 Å². The van der Waals surface area contributed by atoms with Gasteiger partial charge in [0.2, 0.25) is 0 Å². The molecule has 36 heavy (non-hydrogen) atoms. The molecule has 0 aromatic heterocycles. The molecule has 0 spiro atoms. The van der Waals surface area contributed by atoms with Crippen molar-refractivity contribution in [2.45, 2.75) is 42.9 Å². The first kappa shape index (κ1) is 25.1. The van der Waals surface area contributed by atoms with Crippen molar-refractivity contribution in [3.8, 4) is 22.3 Å². The largest absolute Gasteiger partial charge is 0.103 e. The summed E-state index contributed by atoms with van der Waals surface area (Å²) in [4.78, 5) is 0. The van der Waals surface area contributed by atoms with Gasteiger partial charge < -0.3 is 0 Å². The molecule has 0 bridgehead atoms. The molecule has 4 aromatic rings. The Morgan fingerprint density at radius 1 is 0.611 bits per heavy atom. The zero-order valence-corrected chi connectivity index (χ0v) is 23.3. The standard InChI is InChI=1S/C33H32Si.Cl2/c1-3-4-5-14-23-34(2,32-28-19-10-6-15-24(28)25-16-7-11-20-29(25)32)33-30-21-12-8-17-26(30)27-18-9-13-22-31(27)33;1-2/h3,6-13,15-22,32-33H,1,4-5,14,23H2,2H3;. The summed E-state index contributed by atoms with van der Waals surface area (Å²) in [5.74, 6) is 0. The van der Waals surface area contributed by atoms with E-state index in [1.54, 1.807) is 22.3 Å². The van der Waals surface area contributed by atoms with Crippen LogP contribution in [-0.4, -0.2) is 8.07 Å². The van der Waals surface area contributed by atoms with Crippen molar-refractivity contribution in [3.05, 3.63) is 132 Å². The maximum absolute atomic E-state index is 4.11. The molecule has 0 nitrogen and oxygen atoms in total. The first-order valence-electron chi connectivity index (χ1n) is 12.9. The van der Waals surface area contributed by atoms with Crippen LogP contribution in [-0.2, 0) is 0 Å². The highest BCUT2D eigenvalue weighted by Crippen LogP contribution is 2.58. The van der Waals surface area contributed by atoms with Crippen molar-refractivity contribution >= 4 is 29.8 Å². The van der Waals surface area contributed by atoms with E-state index < -0.39 is 8.07 Å². The van der Waals surface area contributed by atoms with E-state index in [4.69, 9.17) is 0 Å². The maximum Gasteiger partial charge on any atom is 0.0761 e. The van der Waals surface area contributed by atoms with Crippen molar-refractivity contribution < 1.29 is 0 Å². The molecule has 0 heterocycles. The fourth-order valence-electron chi connectivity index (χ4n) is 6.98. The summed E-state index contributed by atoms with van der Waals surface area (Å²) in [5, 5.41) is 0. The monoisotopic (exact) mass is 526 g/mol. The van der Waals surface area contributed by atoms with E-state index in [1.807, 2.05) is 0 Å². The fraction of sp³-hybridized carbons (Fsp3) is 0.212. The Labute approximate surface area is 226 Å². The topological polar surface area (TPSA) is 0 Å². The summed E-state index contributed by atoms with van der Waals surface area (Å²) in [6.07, 6.45) is 5.70. The third-order valence-corrected chi connectivity index (χ3v) is 13.7. The number of unbranched alkanes of at least 4 members (excludes halogenated alkanes) is 2. The Balaban J connectivity index is 0.00000130. The lowest BCUT2D eigenvalue weighted by Crippen LogP contribution is -2.45. The number of allylic oxidation sites excluding steroid dienone is 1. The molecular weight excluding hydrogens is 495 g/mol. The predicted molar refractivity (Wildman–Crippen MR) is 160 cm³/mol. The van der Waals surface area contributed by atoms with E-state index in [0.29, 0.717) is 11.1 Å². The average Bonchev–Trinajstić information content (AvgIpc) is 3.46. The van der Waals surface area contributed by atoms with Crippen molar-refractivity contribution in [1.82, 2.24) is 0 Å². The smallest absolute Gasteiger partial charge is 0.0761 e. The molecule has 182 valence electrons. The maximum atomic E-state index is 4.11. The van der Waals surface area contributed by atoms with Gasteiger partial charge in [-0.15, -0.1) is 6.58 Å².